The highest BCUT2D eigenvalue weighted by Crippen LogP contribution is 2.61. The predicted octanol–water partition coefficient (Wildman–Crippen LogP) is 5.44. The second-order valence-electron chi connectivity index (χ2n) is 14.0. The van der Waals surface area contributed by atoms with E-state index in [0.29, 0.717) is 30.5 Å². The van der Waals surface area contributed by atoms with Crippen LogP contribution in [0.5, 0.6) is 0 Å². The maximum atomic E-state index is 15.0. The van der Waals surface area contributed by atoms with Crippen LogP contribution in [0.1, 0.15) is 62.3 Å². The topological polar surface area (TPSA) is 117 Å². The first-order valence-electron chi connectivity index (χ1n) is 17.7. The Balaban J connectivity index is 1.56. The second-order valence-corrected chi connectivity index (χ2v) is 15.2. The lowest BCUT2D eigenvalue weighted by atomic mass is 9.70. The van der Waals surface area contributed by atoms with Crippen LogP contribution in [-0.2, 0) is 28.7 Å². The number of aryl methyl sites for hydroxylation is 2. The van der Waals surface area contributed by atoms with E-state index in [0.717, 1.165) is 11.1 Å². The summed E-state index contributed by atoms with van der Waals surface area (Å²) in [6, 6.07) is 12.7. The third-order valence-electron chi connectivity index (χ3n) is 10.9. The standard InChI is InChI=1S/C40H50BrN3O7/c1-8-11-17-31(46)42(7)26(6)34(27-15-13-12-14-16-27)50-39(49)32-33-37(47)44(28(10-3)23-45)36(40(33)22-29(41)35(32)51-40)38(48)43(20-9-2)30-21-24(4)18-19-25(30)5/h8-9,12-16,18-19,21,26,28-29,32-36,45H,1-2,10-11,17,20,22-23H2,3-7H3/t26-,28+,29?,32+,33-,34+,35+,36+,40-/m1/s1. The number of likely N-dealkylation sites (N-methyl/N-ethyl adjacent to an activating group) is 1. The van der Waals surface area contributed by atoms with Gasteiger partial charge >= 0.3 is 5.97 Å². The molecule has 3 amide bonds. The van der Waals surface area contributed by atoms with Gasteiger partial charge in [-0.1, -0.05) is 77.5 Å². The summed E-state index contributed by atoms with van der Waals surface area (Å²) in [4.78, 5) is 61.7. The minimum atomic E-state index is -1.36. The average molecular weight is 765 g/mol. The maximum Gasteiger partial charge on any atom is 0.313 e. The molecule has 2 aromatic carbocycles. The molecule has 2 aromatic rings. The van der Waals surface area contributed by atoms with Crippen molar-refractivity contribution >= 4 is 45.3 Å². The number of hydrogen-bond acceptors (Lipinski definition) is 7. The van der Waals surface area contributed by atoms with Gasteiger partial charge in [-0.05, 0) is 62.8 Å². The van der Waals surface area contributed by atoms with Crippen LogP contribution >= 0.6 is 15.9 Å². The normalized spacial score (nSPS) is 26.6. The Hall–Kier alpha value is -3.80. The van der Waals surface area contributed by atoms with Gasteiger partial charge in [-0.25, -0.2) is 0 Å². The highest BCUT2D eigenvalue weighted by Gasteiger charge is 2.77. The summed E-state index contributed by atoms with van der Waals surface area (Å²) < 4.78 is 13.1. The Morgan fingerprint density at radius 2 is 1.86 bits per heavy atom. The number of aliphatic hydroxyl groups is 1. The molecule has 0 saturated carbocycles. The molecule has 0 radical (unpaired) electrons. The van der Waals surface area contributed by atoms with Crippen molar-refractivity contribution in [3.05, 3.63) is 90.5 Å². The quantitative estimate of drug-likeness (QED) is 0.146. The molecule has 2 bridgehead atoms. The fourth-order valence-corrected chi connectivity index (χ4v) is 9.08. The third-order valence-corrected chi connectivity index (χ3v) is 11.8. The van der Waals surface area contributed by atoms with Crippen molar-refractivity contribution in [2.24, 2.45) is 11.8 Å². The van der Waals surface area contributed by atoms with Gasteiger partial charge in [0.25, 0.3) is 5.91 Å². The van der Waals surface area contributed by atoms with Gasteiger partial charge in [0, 0.05) is 30.5 Å². The minimum absolute atomic E-state index is 0.118. The number of esters is 1. The fourth-order valence-electron chi connectivity index (χ4n) is 8.14. The van der Waals surface area contributed by atoms with Gasteiger partial charge in [-0.15, -0.1) is 13.2 Å². The first-order chi connectivity index (χ1) is 24.4. The molecule has 3 saturated heterocycles. The van der Waals surface area contributed by atoms with Crippen molar-refractivity contribution in [3.63, 3.8) is 0 Å². The Morgan fingerprint density at radius 3 is 2.49 bits per heavy atom. The molecule has 51 heavy (non-hydrogen) atoms. The molecule has 0 aromatic heterocycles. The van der Waals surface area contributed by atoms with E-state index in [1.807, 2.05) is 76.2 Å². The SMILES string of the molecule is C=CCCC(=O)N(C)[C@H](C)[C@H](OC(=O)[C@@H]1[C@H]2O[C@@]3(CC2Br)[C@H](C(=O)N(CC=C)c2cc(C)ccc2C)N([C@@H](CC)CO)C(=O)[C@@H]13)c1ccccc1. The van der Waals surface area contributed by atoms with Gasteiger partial charge in [0.1, 0.15) is 17.7 Å². The second kappa shape index (κ2) is 15.8. The van der Waals surface area contributed by atoms with Gasteiger partial charge in [-0.2, -0.15) is 0 Å². The number of benzene rings is 2. The van der Waals surface area contributed by atoms with E-state index in [-0.39, 0.29) is 36.2 Å². The summed E-state index contributed by atoms with van der Waals surface area (Å²) in [5, 5.41) is 10.5. The first-order valence-corrected chi connectivity index (χ1v) is 18.6. The van der Waals surface area contributed by atoms with Crippen LogP contribution in [0, 0.1) is 25.7 Å². The summed E-state index contributed by atoms with van der Waals surface area (Å²) in [7, 11) is 1.68. The Labute approximate surface area is 309 Å². The Kier molecular flexibility index (Phi) is 11.9. The van der Waals surface area contributed by atoms with Crippen molar-refractivity contribution in [2.45, 2.75) is 94.1 Å². The number of allylic oxidation sites excluding steroid dienone is 1. The lowest BCUT2D eigenvalue weighted by Gasteiger charge is -2.39. The monoisotopic (exact) mass is 763 g/mol. The summed E-state index contributed by atoms with van der Waals surface area (Å²) in [5.41, 5.74) is 1.87. The molecule has 0 aliphatic carbocycles. The number of carbonyl (C=O) groups is 4. The van der Waals surface area contributed by atoms with Crippen molar-refractivity contribution in [1.82, 2.24) is 9.80 Å². The van der Waals surface area contributed by atoms with Gasteiger partial charge in [0.2, 0.25) is 11.8 Å². The van der Waals surface area contributed by atoms with E-state index >= 15 is 4.79 Å². The molecule has 3 fully saturated rings. The van der Waals surface area contributed by atoms with Crippen LogP contribution < -0.4 is 4.90 Å². The summed E-state index contributed by atoms with van der Waals surface area (Å²) in [6.45, 7) is 15.0. The van der Waals surface area contributed by atoms with Gasteiger partial charge in [0.15, 0.2) is 0 Å². The summed E-state index contributed by atoms with van der Waals surface area (Å²) in [5.74, 6) is -3.61. The highest BCUT2D eigenvalue weighted by molar-refractivity contribution is 9.09. The number of amides is 3. The van der Waals surface area contributed by atoms with E-state index in [9.17, 15) is 19.5 Å². The van der Waals surface area contributed by atoms with Crippen LogP contribution in [0.4, 0.5) is 5.69 Å². The molecule has 1 unspecified atom stereocenters. The lowest BCUT2D eigenvalue weighted by Crippen LogP contribution is -2.59. The number of nitrogens with zero attached hydrogens (tertiary/aromatic N) is 3. The molecule has 274 valence electrons. The zero-order chi connectivity index (χ0) is 37.2. The number of carbonyl (C=O) groups excluding carboxylic acids is 4. The van der Waals surface area contributed by atoms with Crippen molar-refractivity contribution in [2.75, 3.05) is 25.1 Å². The molecule has 1 N–H and O–H groups in total. The zero-order valence-electron chi connectivity index (χ0n) is 30.2. The Bertz CT molecular complexity index is 1650. The molecule has 1 spiro atoms. The lowest BCUT2D eigenvalue weighted by molar-refractivity contribution is -0.165. The molecule has 3 heterocycles. The predicted molar refractivity (Wildman–Crippen MR) is 199 cm³/mol. The number of aliphatic hydroxyl groups excluding tert-OH is 1. The van der Waals surface area contributed by atoms with Gasteiger partial charge < -0.3 is 29.3 Å². The van der Waals surface area contributed by atoms with E-state index < -0.39 is 59.6 Å². The summed E-state index contributed by atoms with van der Waals surface area (Å²) >= 11 is 3.75. The number of fused-ring (bicyclic) bond motifs is 1. The van der Waals surface area contributed by atoms with E-state index in [2.05, 4.69) is 29.1 Å². The van der Waals surface area contributed by atoms with E-state index in [4.69, 9.17) is 9.47 Å². The molecule has 5 rings (SSSR count). The smallest absolute Gasteiger partial charge is 0.313 e. The summed E-state index contributed by atoms with van der Waals surface area (Å²) in [6.07, 6.45) is 3.21. The number of rotatable bonds is 15. The maximum absolute atomic E-state index is 15.0. The van der Waals surface area contributed by atoms with Crippen LogP contribution in [0.3, 0.4) is 0 Å². The van der Waals surface area contributed by atoms with Crippen LogP contribution in [0.2, 0.25) is 0 Å². The van der Waals surface area contributed by atoms with Gasteiger partial charge in [0.05, 0.1) is 36.6 Å². The number of alkyl halides is 1. The number of anilines is 1. The highest BCUT2D eigenvalue weighted by atomic mass is 79.9. The molecular weight excluding hydrogens is 714 g/mol. The van der Waals surface area contributed by atoms with Crippen molar-refractivity contribution in [1.29, 1.82) is 0 Å². The fraction of sp³-hybridized carbons (Fsp3) is 0.500. The Morgan fingerprint density at radius 1 is 1.16 bits per heavy atom. The van der Waals surface area contributed by atoms with Crippen LogP contribution in [0.15, 0.2) is 73.8 Å². The molecule has 9 atom stereocenters. The molecule has 11 heteroatoms. The molecule has 3 aliphatic heterocycles. The number of ether oxygens (including phenoxy) is 2. The van der Waals surface area contributed by atoms with Crippen LogP contribution in [0.25, 0.3) is 0 Å². The minimum Gasteiger partial charge on any atom is -0.455 e. The van der Waals surface area contributed by atoms with E-state index in [1.165, 1.54) is 4.90 Å². The number of halogens is 1. The first kappa shape index (κ1) is 38.4. The largest absolute Gasteiger partial charge is 0.455 e. The van der Waals surface area contributed by atoms with Gasteiger partial charge in [-0.3, -0.25) is 19.2 Å². The van der Waals surface area contributed by atoms with Crippen LogP contribution in [-0.4, -0.2) is 93.5 Å². The van der Waals surface area contributed by atoms with Crippen molar-refractivity contribution in [3.8, 4) is 0 Å². The molecular formula is C40H50BrN3O7. The van der Waals surface area contributed by atoms with Crippen molar-refractivity contribution < 1.29 is 33.8 Å². The molecule has 3 aliphatic rings. The molecule has 10 nitrogen and oxygen atoms in total. The number of hydrogen-bond donors (Lipinski definition) is 1. The third kappa shape index (κ3) is 6.92. The number of likely N-dealkylation sites (tertiary alicyclic amines) is 1. The zero-order valence-corrected chi connectivity index (χ0v) is 31.8. The van der Waals surface area contributed by atoms with E-state index in [1.54, 1.807) is 29.0 Å². The average Bonchev–Trinajstić information content (AvgIpc) is 3.72.